The Kier molecular flexibility index (Phi) is 4.17. The van der Waals surface area contributed by atoms with Crippen molar-refractivity contribution in [3.8, 4) is 5.75 Å². The highest BCUT2D eigenvalue weighted by Crippen LogP contribution is 2.36. The molecule has 0 aliphatic carbocycles. The van der Waals surface area contributed by atoms with Crippen molar-refractivity contribution in [2.45, 2.75) is 19.6 Å². The summed E-state index contributed by atoms with van der Waals surface area (Å²) in [7, 11) is -1.75. The fraction of sp³-hybridized carbons (Fsp3) is 0.211. The van der Waals surface area contributed by atoms with Crippen molar-refractivity contribution >= 4 is 30.7 Å². The van der Waals surface area contributed by atoms with Crippen molar-refractivity contribution in [1.82, 2.24) is 0 Å². The molecule has 0 atom stereocenters. The van der Waals surface area contributed by atoms with Crippen LogP contribution in [0.3, 0.4) is 0 Å². The second-order valence-corrected chi connectivity index (χ2v) is 12.2. The molecule has 0 saturated heterocycles. The smallest absolute Gasteiger partial charge is 0.196 e. The number of hydrogen-bond acceptors (Lipinski definition) is 2. The molecule has 4 heteroatoms. The van der Waals surface area contributed by atoms with Crippen LogP contribution in [0.15, 0.2) is 54.1 Å². The number of rotatable bonds is 2. The second-order valence-electron chi connectivity index (χ2n) is 6.73. The summed E-state index contributed by atoms with van der Waals surface area (Å²) in [5.41, 5.74) is 2.44. The van der Waals surface area contributed by atoms with Crippen LogP contribution in [0.2, 0.25) is 24.7 Å². The zero-order valence-corrected chi connectivity index (χ0v) is 15.3. The van der Waals surface area contributed by atoms with Gasteiger partial charge in [0.1, 0.15) is 12.4 Å². The van der Waals surface area contributed by atoms with Crippen LogP contribution < -0.4 is 4.74 Å². The normalized spacial score (nSPS) is 16.6. The van der Waals surface area contributed by atoms with Gasteiger partial charge in [0.25, 0.3) is 0 Å². The number of fused-ring (bicyclic) bond motifs is 1. The third-order valence-corrected chi connectivity index (χ3v) is 6.27. The molecule has 2 nitrogen and oxygen atoms in total. The molecule has 0 spiro atoms. The van der Waals surface area contributed by atoms with Crippen LogP contribution in [0.1, 0.15) is 15.9 Å². The molecule has 0 bridgehead atoms. The maximum absolute atomic E-state index is 13.1. The highest BCUT2D eigenvalue weighted by atomic mass is 35.5. The van der Waals surface area contributed by atoms with Crippen LogP contribution in [0, 0.1) is 0 Å². The Morgan fingerprint density at radius 1 is 1.09 bits per heavy atom. The predicted molar refractivity (Wildman–Crippen MR) is 98.0 cm³/mol. The van der Waals surface area contributed by atoms with Gasteiger partial charge in [-0.3, -0.25) is 4.79 Å². The topological polar surface area (TPSA) is 26.3 Å². The highest BCUT2D eigenvalue weighted by molar-refractivity contribution is 6.94. The fourth-order valence-corrected chi connectivity index (χ4v) is 5.33. The number of halogens is 1. The Bertz CT molecular complexity index is 789. The van der Waals surface area contributed by atoms with Gasteiger partial charge < -0.3 is 4.74 Å². The van der Waals surface area contributed by atoms with Gasteiger partial charge in [0, 0.05) is 10.6 Å². The summed E-state index contributed by atoms with van der Waals surface area (Å²) >= 11 is 6.06. The van der Waals surface area contributed by atoms with E-state index in [-0.39, 0.29) is 5.78 Å². The second kappa shape index (κ2) is 5.98. The number of carbonyl (C=O) groups is 1. The molecular weight excluding hydrogens is 324 g/mol. The van der Waals surface area contributed by atoms with Crippen LogP contribution in [0.5, 0.6) is 5.75 Å². The van der Waals surface area contributed by atoms with Crippen molar-refractivity contribution < 1.29 is 9.53 Å². The van der Waals surface area contributed by atoms with Gasteiger partial charge in [0.2, 0.25) is 0 Å². The van der Waals surface area contributed by atoms with E-state index in [2.05, 4.69) is 31.8 Å². The first-order valence-corrected chi connectivity index (χ1v) is 11.5. The van der Waals surface area contributed by atoms with Gasteiger partial charge in [-0.05, 0) is 29.0 Å². The highest BCUT2D eigenvalue weighted by Gasteiger charge is 2.32. The maximum Gasteiger partial charge on any atom is 0.196 e. The van der Waals surface area contributed by atoms with Crippen molar-refractivity contribution in [2.24, 2.45) is 0 Å². The number of carbonyl (C=O) groups excluding carboxylic acids is 1. The summed E-state index contributed by atoms with van der Waals surface area (Å²) < 4.78 is 5.84. The molecule has 1 aliphatic heterocycles. The number of benzene rings is 2. The molecule has 1 heterocycles. The lowest BCUT2D eigenvalue weighted by atomic mass is 9.98. The quantitative estimate of drug-likeness (QED) is 0.550. The van der Waals surface area contributed by atoms with E-state index in [1.54, 1.807) is 18.2 Å². The van der Waals surface area contributed by atoms with E-state index in [0.717, 1.165) is 16.3 Å². The molecule has 2 aromatic carbocycles. The first kappa shape index (κ1) is 16.0. The van der Waals surface area contributed by atoms with Gasteiger partial charge in [-0.1, -0.05) is 61.6 Å². The molecule has 23 heavy (non-hydrogen) atoms. The van der Waals surface area contributed by atoms with Crippen LogP contribution >= 0.6 is 11.6 Å². The maximum atomic E-state index is 13.1. The lowest BCUT2D eigenvalue weighted by Gasteiger charge is -2.28. The van der Waals surface area contributed by atoms with Gasteiger partial charge >= 0.3 is 0 Å². The van der Waals surface area contributed by atoms with E-state index in [4.69, 9.17) is 16.3 Å². The zero-order chi connectivity index (χ0) is 16.6. The number of hydrogen-bond donors (Lipinski definition) is 0. The van der Waals surface area contributed by atoms with E-state index in [1.807, 2.05) is 18.2 Å². The zero-order valence-electron chi connectivity index (χ0n) is 13.5. The van der Waals surface area contributed by atoms with Gasteiger partial charge in [0.15, 0.2) is 5.78 Å². The Morgan fingerprint density at radius 2 is 1.78 bits per heavy atom. The van der Waals surface area contributed by atoms with Crippen molar-refractivity contribution in [2.75, 3.05) is 6.61 Å². The van der Waals surface area contributed by atoms with E-state index in [9.17, 15) is 4.79 Å². The van der Waals surface area contributed by atoms with E-state index < -0.39 is 8.07 Å². The molecule has 0 radical (unpaired) electrons. The molecule has 118 valence electrons. The Balaban J connectivity index is 2.20. The standard InChI is InChI=1S/C19H19ClO2Si/c1-23(2,3)19(13-7-5-4-6-8-13)16-12-22-17-10-9-14(20)11-15(17)18(16)21/h4-11H,12H2,1-3H3/b19-16+. The molecular formula is C19H19ClO2Si. The number of ether oxygens (including phenoxy) is 1. The summed E-state index contributed by atoms with van der Waals surface area (Å²) in [6.07, 6.45) is 0. The molecule has 0 amide bonds. The van der Waals surface area contributed by atoms with Gasteiger partial charge in [-0.2, -0.15) is 0 Å². The van der Waals surface area contributed by atoms with Crippen molar-refractivity contribution in [1.29, 1.82) is 0 Å². The summed E-state index contributed by atoms with van der Waals surface area (Å²) in [5.74, 6) is 0.654. The molecule has 0 unspecified atom stereocenters. The summed E-state index contributed by atoms with van der Waals surface area (Å²) in [6.45, 7) is 7.08. The Labute approximate surface area is 142 Å². The average molecular weight is 343 g/mol. The minimum absolute atomic E-state index is 0.0371. The Morgan fingerprint density at radius 3 is 2.43 bits per heavy atom. The minimum Gasteiger partial charge on any atom is -0.488 e. The molecule has 2 aromatic rings. The summed E-state index contributed by atoms with van der Waals surface area (Å²) in [6, 6.07) is 15.4. The average Bonchev–Trinajstić information content (AvgIpc) is 2.50. The van der Waals surface area contributed by atoms with Crippen molar-refractivity contribution in [3.05, 3.63) is 70.3 Å². The summed E-state index contributed by atoms with van der Waals surface area (Å²) in [5, 5.41) is 1.71. The molecule has 0 fully saturated rings. The van der Waals surface area contributed by atoms with Crippen LogP contribution in [-0.4, -0.2) is 20.5 Å². The Hall–Kier alpha value is -1.84. The monoisotopic (exact) mass is 342 g/mol. The van der Waals surface area contributed by atoms with Crippen LogP contribution in [0.25, 0.3) is 5.20 Å². The predicted octanol–water partition coefficient (Wildman–Crippen LogP) is 5.25. The first-order chi connectivity index (χ1) is 10.9. The van der Waals surface area contributed by atoms with Gasteiger partial charge in [0.05, 0.1) is 13.6 Å². The first-order valence-electron chi connectivity index (χ1n) is 7.64. The fourth-order valence-electron chi connectivity index (χ4n) is 3.03. The minimum atomic E-state index is -1.75. The van der Waals surface area contributed by atoms with E-state index in [0.29, 0.717) is 22.9 Å². The molecule has 0 aromatic heterocycles. The van der Waals surface area contributed by atoms with E-state index >= 15 is 0 Å². The number of Topliss-reactive ketones (excluding diaryl/α,β-unsaturated/α-hetero) is 1. The van der Waals surface area contributed by atoms with E-state index in [1.165, 1.54) is 0 Å². The van der Waals surface area contributed by atoms with Crippen LogP contribution in [0.4, 0.5) is 0 Å². The lowest BCUT2D eigenvalue weighted by molar-refractivity contribution is 0.100. The third kappa shape index (κ3) is 3.12. The van der Waals surface area contributed by atoms with Crippen molar-refractivity contribution in [3.63, 3.8) is 0 Å². The molecule has 0 N–H and O–H groups in total. The van der Waals surface area contributed by atoms with Crippen LogP contribution in [-0.2, 0) is 0 Å². The van der Waals surface area contributed by atoms with Gasteiger partial charge in [-0.25, -0.2) is 0 Å². The summed E-state index contributed by atoms with van der Waals surface area (Å²) in [4.78, 5) is 13.1. The lowest BCUT2D eigenvalue weighted by Crippen LogP contribution is -2.30. The molecule has 3 rings (SSSR count). The van der Waals surface area contributed by atoms with Gasteiger partial charge in [-0.15, -0.1) is 0 Å². The number of ketones is 1. The SMILES string of the molecule is C[Si](C)(C)/C(=C1\COc2ccc(Cl)cc2C1=O)c1ccccc1. The largest absolute Gasteiger partial charge is 0.488 e. The molecule has 0 saturated carbocycles. The third-order valence-electron chi connectivity index (χ3n) is 3.95. The molecule has 1 aliphatic rings.